The van der Waals surface area contributed by atoms with Gasteiger partial charge in [0.1, 0.15) is 6.07 Å². The van der Waals surface area contributed by atoms with Gasteiger partial charge in [0, 0.05) is 17.8 Å². The lowest BCUT2D eigenvalue weighted by Gasteiger charge is -2.13. The van der Waals surface area contributed by atoms with Crippen LogP contribution >= 0.6 is 0 Å². The molecule has 0 bridgehead atoms. The second-order valence-electron chi connectivity index (χ2n) is 5.84. The molecule has 0 spiro atoms. The highest BCUT2D eigenvalue weighted by atomic mass is 32.2. The van der Waals surface area contributed by atoms with Gasteiger partial charge in [-0.2, -0.15) is 5.26 Å². The fourth-order valence-corrected chi connectivity index (χ4v) is 4.72. The Balaban J connectivity index is 1.89. The van der Waals surface area contributed by atoms with Crippen molar-refractivity contribution in [1.82, 2.24) is 9.97 Å². The first-order valence-electron chi connectivity index (χ1n) is 7.81. The largest absolute Gasteiger partial charge is 0.378 e. The van der Waals surface area contributed by atoms with E-state index in [9.17, 15) is 13.7 Å². The number of fused-ring (bicyclic) bond motifs is 3. The monoisotopic (exact) mass is 350 g/mol. The summed E-state index contributed by atoms with van der Waals surface area (Å²) in [5.74, 6) is 0.0951. The predicted octanol–water partition coefficient (Wildman–Crippen LogP) is 2.44. The molecule has 6 nitrogen and oxygen atoms in total. The highest BCUT2D eigenvalue weighted by Gasteiger charge is 2.29. The van der Waals surface area contributed by atoms with E-state index in [4.69, 9.17) is 0 Å². The van der Waals surface area contributed by atoms with Gasteiger partial charge in [0.2, 0.25) is 0 Å². The van der Waals surface area contributed by atoms with Crippen LogP contribution in [0.3, 0.4) is 0 Å². The third kappa shape index (κ3) is 2.61. The van der Waals surface area contributed by atoms with Crippen LogP contribution < -0.4 is 5.32 Å². The van der Waals surface area contributed by atoms with Crippen LogP contribution in [0.5, 0.6) is 0 Å². The quantitative estimate of drug-likeness (QED) is 0.779. The molecule has 4 rings (SSSR count). The van der Waals surface area contributed by atoms with Gasteiger partial charge >= 0.3 is 0 Å². The molecule has 1 aliphatic rings. The van der Waals surface area contributed by atoms with Crippen molar-refractivity contribution in [3.8, 4) is 6.07 Å². The van der Waals surface area contributed by atoms with Gasteiger partial charge < -0.3 is 5.32 Å². The van der Waals surface area contributed by atoms with Gasteiger partial charge in [-0.15, -0.1) is 0 Å². The first kappa shape index (κ1) is 15.5. The minimum absolute atomic E-state index is 0.0951. The summed E-state index contributed by atoms with van der Waals surface area (Å²) in [7, 11) is -3.25. The summed E-state index contributed by atoms with van der Waals surface area (Å²) in [5, 5.41) is 13.4. The molecule has 0 saturated carbocycles. The van der Waals surface area contributed by atoms with E-state index in [2.05, 4.69) is 21.4 Å². The van der Waals surface area contributed by atoms with Gasteiger partial charge in [0.25, 0.3) is 0 Å². The summed E-state index contributed by atoms with van der Waals surface area (Å²) < 4.78 is 24.5. The van der Waals surface area contributed by atoms with Crippen molar-refractivity contribution in [1.29, 1.82) is 5.26 Å². The number of pyridine rings is 2. The molecule has 1 aliphatic heterocycles. The molecule has 3 heterocycles. The second kappa shape index (κ2) is 5.83. The number of hydrogen-bond acceptors (Lipinski definition) is 6. The number of aryl methyl sites for hydroxylation is 1. The fourth-order valence-electron chi connectivity index (χ4n) is 3.17. The molecule has 1 aromatic carbocycles. The highest BCUT2D eigenvalue weighted by molar-refractivity contribution is 7.91. The standard InChI is InChI=1S/C18H14N4O2S/c19-9-12-10-21-15-4-5-16-14(6-8-25(16,23)24)17(15)18(12)22-11-13-3-1-2-7-20-13/h1-5,7,10H,6,8,11H2,(H,21,22). The van der Waals surface area contributed by atoms with Gasteiger partial charge in [0.05, 0.1) is 39.7 Å². The number of hydrogen-bond donors (Lipinski definition) is 1. The van der Waals surface area contributed by atoms with Crippen LogP contribution in [0.15, 0.2) is 47.6 Å². The lowest BCUT2D eigenvalue weighted by molar-refractivity contribution is 0.600. The number of sulfone groups is 1. The van der Waals surface area contributed by atoms with E-state index in [0.29, 0.717) is 40.0 Å². The van der Waals surface area contributed by atoms with Crippen molar-refractivity contribution in [3.63, 3.8) is 0 Å². The maximum atomic E-state index is 12.2. The molecule has 124 valence electrons. The van der Waals surface area contributed by atoms with E-state index in [-0.39, 0.29) is 5.75 Å². The number of rotatable bonds is 3. The average molecular weight is 350 g/mol. The van der Waals surface area contributed by atoms with Crippen LogP contribution in [-0.2, 0) is 22.8 Å². The van der Waals surface area contributed by atoms with Crippen LogP contribution in [-0.4, -0.2) is 24.1 Å². The molecular weight excluding hydrogens is 336 g/mol. The molecule has 0 fully saturated rings. The molecule has 2 aromatic heterocycles. The Bertz CT molecular complexity index is 1120. The summed E-state index contributed by atoms with van der Waals surface area (Å²) in [6.07, 6.45) is 3.65. The van der Waals surface area contributed by atoms with Crippen LogP contribution in [0.2, 0.25) is 0 Å². The lowest BCUT2D eigenvalue weighted by atomic mass is 10.0. The van der Waals surface area contributed by atoms with Gasteiger partial charge in [-0.3, -0.25) is 9.97 Å². The molecule has 1 N–H and O–H groups in total. The zero-order valence-electron chi connectivity index (χ0n) is 13.2. The number of aromatic nitrogens is 2. The van der Waals surface area contributed by atoms with Gasteiger partial charge in [-0.1, -0.05) is 6.07 Å². The third-order valence-corrected chi connectivity index (χ3v) is 6.14. The maximum Gasteiger partial charge on any atom is 0.179 e. The molecule has 7 heteroatoms. The first-order valence-corrected chi connectivity index (χ1v) is 9.46. The molecule has 0 amide bonds. The molecule has 3 aromatic rings. The zero-order chi connectivity index (χ0) is 17.4. The summed E-state index contributed by atoms with van der Waals surface area (Å²) in [6.45, 7) is 0.436. The normalized spacial score (nSPS) is 14.8. The number of nitriles is 1. The van der Waals surface area contributed by atoms with Crippen LogP contribution in [0.4, 0.5) is 5.69 Å². The average Bonchev–Trinajstić information content (AvgIpc) is 2.95. The van der Waals surface area contributed by atoms with Crippen molar-refractivity contribution in [2.45, 2.75) is 17.9 Å². The Morgan fingerprint density at radius 1 is 1.20 bits per heavy atom. The van der Waals surface area contributed by atoms with E-state index in [1.54, 1.807) is 18.3 Å². The molecule has 0 atom stereocenters. The van der Waals surface area contributed by atoms with Crippen molar-refractivity contribution in [3.05, 3.63) is 59.5 Å². The Morgan fingerprint density at radius 2 is 2.08 bits per heavy atom. The second-order valence-corrected chi connectivity index (χ2v) is 7.92. The van der Waals surface area contributed by atoms with Crippen LogP contribution in [0, 0.1) is 11.3 Å². The smallest absolute Gasteiger partial charge is 0.179 e. The lowest BCUT2D eigenvalue weighted by Crippen LogP contribution is -2.05. The van der Waals surface area contributed by atoms with Gasteiger partial charge in [-0.05, 0) is 36.2 Å². The minimum atomic E-state index is -3.25. The van der Waals surface area contributed by atoms with Crippen LogP contribution in [0.25, 0.3) is 10.9 Å². The summed E-state index contributed by atoms with van der Waals surface area (Å²) >= 11 is 0. The Hall–Kier alpha value is -2.98. The van der Waals surface area contributed by atoms with E-state index in [1.807, 2.05) is 18.2 Å². The molecule has 0 radical (unpaired) electrons. The van der Waals surface area contributed by atoms with E-state index in [1.165, 1.54) is 6.20 Å². The minimum Gasteiger partial charge on any atom is -0.378 e. The van der Waals surface area contributed by atoms with E-state index >= 15 is 0 Å². The number of nitrogens with zero attached hydrogens (tertiary/aromatic N) is 3. The molecule has 0 aliphatic carbocycles. The molecule has 0 unspecified atom stereocenters. The molecule has 25 heavy (non-hydrogen) atoms. The fraction of sp³-hybridized carbons (Fsp3) is 0.167. The van der Waals surface area contributed by atoms with Crippen molar-refractivity contribution in [2.75, 3.05) is 11.1 Å². The maximum absolute atomic E-state index is 12.2. The predicted molar refractivity (Wildman–Crippen MR) is 93.8 cm³/mol. The van der Waals surface area contributed by atoms with E-state index in [0.717, 1.165) is 11.3 Å². The van der Waals surface area contributed by atoms with Crippen molar-refractivity contribution in [2.24, 2.45) is 0 Å². The summed E-state index contributed by atoms with van der Waals surface area (Å²) in [5.41, 5.74) is 3.26. The number of benzene rings is 1. The number of nitrogens with one attached hydrogen (secondary N) is 1. The molecular formula is C18H14N4O2S. The molecule has 0 saturated heterocycles. The van der Waals surface area contributed by atoms with Crippen LogP contribution in [0.1, 0.15) is 16.8 Å². The number of anilines is 1. The Morgan fingerprint density at radius 3 is 2.84 bits per heavy atom. The van der Waals surface area contributed by atoms with Gasteiger partial charge in [-0.25, -0.2) is 8.42 Å². The third-order valence-electron chi connectivity index (χ3n) is 4.35. The highest BCUT2D eigenvalue weighted by Crippen LogP contribution is 2.37. The Labute approximate surface area is 145 Å². The van der Waals surface area contributed by atoms with E-state index < -0.39 is 9.84 Å². The van der Waals surface area contributed by atoms with Gasteiger partial charge in [0.15, 0.2) is 9.84 Å². The van der Waals surface area contributed by atoms with Crippen molar-refractivity contribution >= 4 is 26.4 Å². The Kier molecular flexibility index (Phi) is 3.62. The van der Waals surface area contributed by atoms with Crippen molar-refractivity contribution < 1.29 is 8.42 Å². The first-order chi connectivity index (χ1) is 12.1. The topological polar surface area (TPSA) is 95.7 Å². The zero-order valence-corrected chi connectivity index (χ0v) is 14.0. The summed E-state index contributed by atoms with van der Waals surface area (Å²) in [6, 6.07) is 11.1. The summed E-state index contributed by atoms with van der Waals surface area (Å²) in [4.78, 5) is 8.93. The SMILES string of the molecule is N#Cc1cnc2ccc3c(c2c1NCc1ccccn1)CCS3(=O)=O.